The zero-order chi connectivity index (χ0) is 32.1. The van der Waals surface area contributed by atoms with Gasteiger partial charge in [-0.05, 0) is 82.9 Å². The molecule has 7 nitrogen and oxygen atoms in total. The SMILES string of the molecule is [2H]c1cc(N(c2ccc(-c3nnco3)cc2)C2C=CC(c3ncco3)=CC2)c([2H])c2c([2H])cc(-c3ccc4cccnc4c3)c([2H])c12. The first-order valence-electron chi connectivity index (χ1n) is 15.8. The highest BCUT2D eigenvalue weighted by molar-refractivity contribution is 5.92. The molecule has 43 heavy (non-hydrogen) atoms. The van der Waals surface area contributed by atoms with Crippen LogP contribution in [0.5, 0.6) is 0 Å². The van der Waals surface area contributed by atoms with Crippen LogP contribution in [0.4, 0.5) is 11.4 Å². The van der Waals surface area contributed by atoms with Crippen LogP contribution in [0.1, 0.15) is 17.8 Å². The summed E-state index contributed by atoms with van der Waals surface area (Å²) >= 11 is 0. The lowest BCUT2D eigenvalue weighted by molar-refractivity contribution is 0.542. The van der Waals surface area contributed by atoms with Crippen LogP contribution < -0.4 is 4.90 Å². The smallest absolute Gasteiger partial charge is 0.247 e. The molecule has 0 aliphatic heterocycles. The van der Waals surface area contributed by atoms with E-state index < -0.39 is 0 Å². The van der Waals surface area contributed by atoms with Crippen LogP contribution in [-0.2, 0) is 0 Å². The van der Waals surface area contributed by atoms with Crippen LogP contribution in [0.2, 0.25) is 0 Å². The molecule has 0 N–H and O–H groups in total. The third-order valence-electron chi connectivity index (χ3n) is 7.49. The standard InChI is InChI=1S/C36H25N5O2/c1-2-24-3-4-30(22-34(24)37-17-1)27-5-6-29-21-33(16-11-28(29)20-27)41(31-12-7-25(8-13-31)35-38-18-19-42-35)32-14-9-26(10-15-32)36-40-39-23-43-36/h1-12,14-23,31H,13H2/i6D,11D,20D,21D. The summed E-state index contributed by atoms with van der Waals surface area (Å²) in [4.78, 5) is 10.7. The van der Waals surface area contributed by atoms with E-state index in [0.717, 1.165) is 33.3 Å². The average Bonchev–Trinajstić information content (AvgIpc) is 3.84. The summed E-state index contributed by atoms with van der Waals surface area (Å²) in [7, 11) is 0. The number of benzene rings is 4. The van der Waals surface area contributed by atoms with E-state index in [1.807, 2.05) is 77.7 Å². The Bertz CT molecular complexity index is 2340. The van der Waals surface area contributed by atoms with Crippen molar-refractivity contribution in [2.75, 3.05) is 4.90 Å². The van der Waals surface area contributed by atoms with E-state index in [4.69, 9.17) is 12.9 Å². The number of anilines is 2. The Balaban J connectivity index is 1.26. The maximum Gasteiger partial charge on any atom is 0.247 e. The molecule has 206 valence electrons. The summed E-state index contributed by atoms with van der Waals surface area (Å²) in [5.41, 5.74) is 4.84. The molecule has 0 bridgehead atoms. The predicted molar refractivity (Wildman–Crippen MR) is 169 cm³/mol. The van der Waals surface area contributed by atoms with Crippen molar-refractivity contribution in [2.24, 2.45) is 0 Å². The molecule has 0 saturated carbocycles. The summed E-state index contributed by atoms with van der Waals surface area (Å²) in [5, 5.41) is 9.26. The molecule has 1 aliphatic carbocycles. The topological polar surface area (TPSA) is 81.1 Å². The van der Waals surface area contributed by atoms with Crippen LogP contribution in [0.3, 0.4) is 0 Å². The molecule has 0 amide bonds. The van der Waals surface area contributed by atoms with Crippen molar-refractivity contribution in [2.45, 2.75) is 12.5 Å². The van der Waals surface area contributed by atoms with Crippen LogP contribution in [0.15, 0.2) is 143 Å². The Morgan fingerprint density at radius 3 is 2.47 bits per heavy atom. The van der Waals surface area contributed by atoms with Gasteiger partial charge in [0.05, 0.1) is 23.2 Å². The van der Waals surface area contributed by atoms with Gasteiger partial charge in [-0.25, -0.2) is 4.98 Å². The van der Waals surface area contributed by atoms with Crippen molar-refractivity contribution >= 4 is 38.6 Å². The zero-order valence-corrected chi connectivity index (χ0v) is 22.7. The maximum atomic E-state index is 9.43. The van der Waals surface area contributed by atoms with Crippen LogP contribution in [-0.4, -0.2) is 26.2 Å². The van der Waals surface area contributed by atoms with Crippen molar-refractivity contribution in [3.05, 3.63) is 140 Å². The Hall–Kier alpha value is -5.82. The van der Waals surface area contributed by atoms with E-state index in [0.29, 0.717) is 29.5 Å². The first-order valence-corrected chi connectivity index (χ1v) is 13.8. The number of aromatic nitrogens is 4. The van der Waals surface area contributed by atoms with Gasteiger partial charge in [0, 0.05) is 34.1 Å². The van der Waals surface area contributed by atoms with Gasteiger partial charge in [0.2, 0.25) is 18.2 Å². The van der Waals surface area contributed by atoms with Gasteiger partial charge in [0.15, 0.2) is 0 Å². The number of nitrogens with zero attached hydrogens (tertiary/aromatic N) is 5. The minimum Gasteiger partial charge on any atom is -0.445 e. The Labute approximate surface area is 253 Å². The maximum absolute atomic E-state index is 9.43. The van der Waals surface area contributed by atoms with Gasteiger partial charge in [-0.2, -0.15) is 0 Å². The minimum atomic E-state index is -0.238. The second-order valence-electron chi connectivity index (χ2n) is 10.1. The van der Waals surface area contributed by atoms with Crippen molar-refractivity contribution in [1.82, 2.24) is 20.2 Å². The Morgan fingerprint density at radius 1 is 0.767 bits per heavy atom. The van der Waals surface area contributed by atoms with Crippen molar-refractivity contribution in [1.29, 1.82) is 0 Å². The second-order valence-corrected chi connectivity index (χ2v) is 10.1. The number of fused-ring (bicyclic) bond motifs is 2. The van der Waals surface area contributed by atoms with Gasteiger partial charge in [-0.1, -0.05) is 54.6 Å². The minimum absolute atomic E-state index is 0.0635. The summed E-state index contributed by atoms with van der Waals surface area (Å²) < 4.78 is 47.7. The Kier molecular flexibility index (Phi) is 5.14. The largest absolute Gasteiger partial charge is 0.445 e. The van der Waals surface area contributed by atoms with Crippen molar-refractivity contribution < 1.29 is 14.3 Å². The van der Waals surface area contributed by atoms with Gasteiger partial charge < -0.3 is 13.7 Å². The summed E-state index contributed by atoms with van der Waals surface area (Å²) in [6, 6.07) is 20.4. The molecule has 3 aromatic heterocycles. The molecule has 0 radical (unpaired) electrons. The molecule has 7 aromatic rings. The van der Waals surface area contributed by atoms with E-state index in [1.54, 1.807) is 24.5 Å². The van der Waals surface area contributed by atoms with E-state index in [1.165, 1.54) is 12.7 Å². The average molecular weight is 564 g/mol. The third-order valence-corrected chi connectivity index (χ3v) is 7.49. The summed E-state index contributed by atoms with van der Waals surface area (Å²) in [6.45, 7) is 0. The highest BCUT2D eigenvalue weighted by Crippen LogP contribution is 2.36. The van der Waals surface area contributed by atoms with E-state index in [-0.39, 0.29) is 41.0 Å². The monoisotopic (exact) mass is 563 g/mol. The Morgan fingerprint density at radius 2 is 1.65 bits per heavy atom. The van der Waals surface area contributed by atoms with E-state index >= 15 is 0 Å². The predicted octanol–water partition coefficient (Wildman–Crippen LogP) is 8.64. The third kappa shape index (κ3) is 4.77. The number of pyridine rings is 1. The lowest BCUT2D eigenvalue weighted by Crippen LogP contribution is -2.30. The molecule has 0 fully saturated rings. The van der Waals surface area contributed by atoms with Gasteiger partial charge >= 0.3 is 0 Å². The number of allylic oxidation sites excluding steroid dienone is 2. The lowest BCUT2D eigenvalue weighted by atomic mass is 9.98. The van der Waals surface area contributed by atoms with Gasteiger partial charge in [-0.15, -0.1) is 10.2 Å². The summed E-state index contributed by atoms with van der Waals surface area (Å²) in [6.07, 6.45) is 12.7. The summed E-state index contributed by atoms with van der Waals surface area (Å²) in [5.74, 6) is 0.912. The second kappa shape index (κ2) is 10.5. The first-order chi connectivity index (χ1) is 23.0. The van der Waals surface area contributed by atoms with Gasteiger partial charge in [-0.3, -0.25) is 4.98 Å². The molecule has 4 aromatic carbocycles. The molecule has 8 rings (SSSR count). The molecule has 1 atom stereocenters. The van der Waals surface area contributed by atoms with Crippen molar-refractivity contribution in [3.8, 4) is 22.6 Å². The molecule has 1 aliphatic rings. The van der Waals surface area contributed by atoms with Crippen molar-refractivity contribution in [3.63, 3.8) is 0 Å². The van der Waals surface area contributed by atoms with Crippen LogP contribution in [0.25, 0.3) is 49.8 Å². The van der Waals surface area contributed by atoms with Crippen LogP contribution in [0, 0.1) is 0 Å². The molecule has 1 unspecified atom stereocenters. The molecule has 0 saturated heterocycles. The fourth-order valence-corrected chi connectivity index (χ4v) is 5.38. The van der Waals surface area contributed by atoms with Gasteiger partial charge in [0.1, 0.15) is 6.26 Å². The fourth-order valence-electron chi connectivity index (χ4n) is 5.38. The number of hydrogen-bond donors (Lipinski definition) is 0. The van der Waals surface area contributed by atoms with Crippen LogP contribution >= 0.6 is 0 Å². The lowest BCUT2D eigenvalue weighted by Gasteiger charge is -2.33. The quantitative estimate of drug-likeness (QED) is 0.200. The highest BCUT2D eigenvalue weighted by atomic mass is 16.4. The first kappa shape index (κ1) is 21.0. The molecule has 3 heterocycles. The van der Waals surface area contributed by atoms with Gasteiger partial charge in [0.25, 0.3) is 0 Å². The van der Waals surface area contributed by atoms with E-state index in [2.05, 4.69) is 20.2 Å². The zero-order valence-electron chi connectivity index (χ0n) is 26.7. The fraction of sp³-hybridized carbons (Fsp3) is 0.0556. The number of oxazole rings is 1. The normalized spacial score (nSPS) is 16.0. The molecular weight excluding hydrogens is 534 g/mol. The molecule has 7 heteroatoms. The number of hydrogen-bond acceptors (Lipinski definition) is 7. The number of rotatable bonds is 6. The molecular formula is C36H25N5O2. The molecule has 0 spiro atoms. The van der Waals surface area contributed by atoms with E-state index in [9.17, 15) is 1.37 Å². The highest BCUT2D eigenvalue weighted by Gasteiger charge is 2.22.